The van der Waals surface area contributed by atoms with Crippen LogP contribution in [0.25, 0.3) is 0 Å². The summed E-state index contributed by atoms with van der Waals surface area (Å²) in [7, 11) is 0. The van der Waals surface area contributed by atoms with Crippen molar-refractivity contribution in [1.82, 2.24) is 9.97 Å². The smallest absolute Gasteiger partial charge is 0.242 e. The first kappa shape index (κ1) is 7.08. The summed E-state index contributed by atoms with van der Waals surface area (Å²) in [6.45, 7) is 0. The number of nitrogen functional groups attached to an aromatic ring is 1. The first-order valence-corrected chi connectivity index (χ1v) is 2.71. The zero-order valence-corrected chi connectivity index (χ0v) is 5.44. The monoisotopic (exact) mass is 151 g/mol. The number of nitrogens with one attached hydrogen (secondary N) is 1. The molecule has 1 heterocycles. The minimum Gasteiger partial charge on any atom is -0.494 e. The normalized spacial score (nSPS) is 11.0. The molecule has 0 unspecified atom stereocenters. The van der Waals surface area contributed by atoms with Crippen molar-refractivity contribution in [2.24, 2.45) is 4.99 Å². The molecule has 0 bridgehead atoms. The first-order chi connectivity index (χ1) is 5.22. The standard InChI is InChI=1S/C5H5N5O/c6-2-8-5-9-3(7)1-4(11)10-5/h1H,(H4,7,8,9,10,11). The number of hydrogen-bond donors (Lipinski definition) is 3. The summed E-state index contributed by atoms with van der Waals surface area (Å²) in [5, 5.41) is 17.0. The van der Waals surface area contributed by atoms with Crippen molar-refractivity contribution in [3.05, 3.63) is 11.7 Å². The van der Waals surface area contributed by atoms with Gasteiger partial charge >= 0.3 is 0 Å². The van der Waals surface area contributed by atoms with E-state index in [2.05, 4.69) is 15.0 Å². The number of nitrogens with two attached hydrogens (primary N) is 1. The summed E-state index contributed by atoms with van der Waals surface area (Å²) in [6.07, 6.45) is 1.50. The number of aromatic hydroxyl groups is 1. The molecule has 0 radical (unpaired) electrons. The second-order valence-corrected chi connectivity index (χ2v) is 1.73. The highest BCUT2D eigenvalue weighted by molar-refractivity contribution is 5.29. The molecule has 1 rings (SSSR count). The molecule has 0 atom stereocenters. The van der Waals surface area contributed by atoms with Crippen LogP contribution >= 0.6 is 0 Å². The lowest BCUT2D eigenvalue weighted by molar-refractivity contribution is 0.449. The molecule has 6 heteroatoms. The van der Waals surface area contributed by atoms with Gasteiger partial charge in [-0.3, -0.25) is 4.98 Å². The van der Waals surface area contributed by atoms with Gasteiger partial charge in [0.25, 0.3) is 0 Å². The molecule has 0 aliphatic carbocycles. The maximum atomic E-state index is 8.88. The van der Waals surface area contributed by atoms with Gasteiger partial charge in [-0.05, 0) is 0 Å². The van der Waals surface area contributed by atoms with Gasteiger partial charge in [0.2, 0.25) is 11.8 Å². The van der Waals surface area contributed by atoms with Crippen molar-refractivity contribution in [3.8, 4) is 12.1 Å². The molecular formula is C5H5N5O. The second-order valence-electron chi connectivity index (χ2n) is 1.73. The minimum absolute atomic E-state index is 0.00926. The van der Waals surface area contributed by atoms with Crippen LogP contribution in [0.15, 0.2) is 11.1 Å². The van der Waals surface area contributed by atoms with E-state index in [0.717, 1.165) is 0 Å². The van der Waals surface area contributed by atoms with Crippen LogP contribution in [0.2, 0.25) is 0 Å². The van der Waals surface area contributed by atoms with Gasteiger partial charge in [-0.15, -0.1) is 4.99 Å². The summed E-state index contributed by atoms with van der Waals surface area (Å²) in [5.74, 6) is -0.0678. The van der Waals surface area contributed by atoms with Crippen molar-refractivity contribution in [3.63, 3.8) is 0 Å². The average molecular weight is 151 g/mol. The molecule has 0 spiro atoms. The molecule has 0 amide bonds. The number of nitrogens with zero attached hydrogens (tertiary/aromatic N) is 3. The maximum absolute atomic E-state index is 8.88. The number of aromatic amines is 1. The van der Waals surface area contributed by atoms with Crippen molar-refractivity contribution < 1.29 is 5.11 Å². The van der Waals surface area contributed by atoms with Crippen LogP contribution in [-0.4, -0.2) is 15.1 Å². The Morgan fingerprint density at radius 2 is 2.55 bits per heavy atom. The van der Waals surface area contributed by atoms with E-state index in [4.69, 9.17) is 16.1 Å². The summed E-state index contributed by atoms with van der Waals surface area (Å²) in [4.78, 5) is 9.15. The summed E-state index contributed by atoms with van der Waals surface area (Å²) in [5.41, 5.74) is 5.22. The van der Waals surface area contributed by atoms with Crippen LogP contribution in [0.4, 0.5) is 5.82 Å². The Labute approximate surface area is 61.7 Å². The quantitative estimate of drug-likeness (QED) is 0.416. The van der Waals surface area contributed by atoms with Crippen LogP contribution in [0.3, 0.4) is 0 Å². The molecule has 1 aromatic heterocycles. The van der Waals surface area contributed by atoms with E-state index in [1.807, 2.05) is 0 Å². The predicted octanol–water partition coefficient (Wildman–Crippen LogP) is -0.921. The Morgan fingerprint density at radius 3 is 3.09 bits per heavy atom. The highest BCUT2D eigenvalue weighted by Crippen LogP contribution is 2.00. The number of H-pyrrole nitrogens is 1. The Bertz CT molecular complexity index is 337. The van der Waals surface area contributed by atoms with E-state index in [1.54, 1.807) is 0 Å². The Kier molecular flexibility index (Phi) is 1.74. The van der Waals surface area contributed by atoms with Crippen molar-refractivity contribution in [2.45, 2.75) is 0 Å². The van der Waals surface area contributed by atoms with E-state index in [-0.39, 0.29) is 17.3 Å². The third kappa shape index (κ3) is 1.69. The molecule has 0 aromatic carbocycles. The fourth-order valence-corrected chi connectivity index (χ4v) is 0.574. The average Bonchev–Trinajstić information content (AvgIpc) is 1.85. The minimum atomic E-state index is -0.175. The third-order valence-electron chi connectivity index (χ3n) is 0.915. The van der Waals surface area contributed by atoms with Crippen LogP contribution in [0.1, 0.15) is 0 Å². The van der Waals surface area contributed by atoms with Crippen molar-refractivity contribution in [1.29, 1.82) is 5.26 Å². The summed E-state index contributed by atoms with van der Waals surface area (Å²) >= 11 is 0. The lowest BCUT2D eigenvalue weighted by Gasteiger charge is -1.92. The molecule has 0 aliphatic heterocycles. The lowest BCUT2D eigenvalue weighted by atomic mass is 10.6. The Hall–Kier alpha value is -2.03. The number of anilines is 1. The highest BCUT2D eigenvalue weighted by Gasteiger charge is 1.91. The molecule has 0 aliphatic rings. The van der Waals surface area contributed by atoms with Gasteiger partial charge in [-0.25, -0.2) is 0 Å². The number of hydrogen-bond acceptors (Lipinski definition) is 5. The van der Waals surface area contributed by atoms with Gasteiger partial charge in [0.05, 0.1) is 0 Å². The van der Waals surface area contributed by atoms with E-state index >= 15 is 0 Å². The van der Waals surface area contributed by atoms with Gasteiger partial charge in [0, 0.05) is 6.07 Å². The third-order valence-corrected chi connectivity index (χ3v) is 0.915. The van der Waals surface area contributed by atoms with Gasteiger partial charge < -0.3 is 10.8 Å². The van der Waals surface area contributed by atoms with E-state index < -0.39 is 0 Å². The molecule has 6 nitrogen and oxygen atoms in total. The highest BCUT2D eigenvalue weighted by atomic mass is 16.3. The molecule has 0 saturated heterocycles. The Balaban J connectivity index is 3.33. The van der Waals surface area contributed by atoms with Crippen LogP contribution in [0.5, 0.6) is 5.88 Å². The fraction of sp³-hybridized carbons (Fsp3) is 0. The molecule has 11 heavy (non-hydrogen) atoms. The SMILES string of the molecule is N#CN=c1nc(N)cc(O)[nH]1. The van der Waals surface area contributed by atoms with Gasteiger partial charge in [-0.2, -0.15) is 10.2 Å². The van der Waals surface area contributed by atoms with Gasteiger partial charge in [0.15, 0.2) is 5.88 Å². The zero-order chi connectivity index (χ0) is 8.27. The fourth-order valence-electron chi connectivity index (χ4n) is 0.574. The van der Waals surface area contributed by atoms with Crippen molar-refractivity contribution in [2.75, 3.05) is 5.73 Å². The van der Waals surface area contributed by atoms with E-state index in [1.165, 1.54) is 12.3 Å². The van der Waals surface area contributed by atoms with Crippen molar-refractivity contribution >= 4 is 5.82 Å². The zero-order valence-electron chi connectivity index (χ0n) is 5.44. The van der Waals surface area contributed by atoms with E-state index in [0.29, 0.717) is 0 Å². The number of aromatic nitrogens is 2. The van der Waals surface area contributed by atoms with Crippen LogP contribution in [-0.2, 0) is 0 Å². The maximum Gasteiger partial charge on any atom is 0.242 e. The second kappa shape index (κ2) is 2.70. The first-order valence-electron chi connectivity index (χ1n) is 2.71. The molecular weight excluding hydrogens is 146 g/mol. The number of rotatable bonds is 0. The molecule has 0 fully saturated rings. The van der Waals surface area contributed by atoms with Gasteiger partial charge in [-0.1, -0.05) is 0 Å². The summed E-state index contributed by atoms with van der Waals surface area (Å²) < 4.78 is 0. The predicted molar refractivity (Wildman–Crippen MR) is 35.8 cm³/mol. The largest absolute Gasteiger partial charge is 0.494 e. The summed E-state index contributed by atoms with van der Waals surface area (Å²) in [6, 6.07) is 1.22. The molecule has 0 saturated carbocycles. The molecule has 1 aromatic rings. The lowest BCUT2D eigenvalue weighted by Crippen LogP contribution is -2.13. The number of nitriles is 1. The molecule has 56 valence electrons. The van der Waals surface area contributed by atoms with Crippen LogP contribution in [0, 0.1) is 11.5 Å². The molecule has 4 N–H and O–H groups in total. The van der Waals surface area contributed by atoms with E-state index in [9.17, 15) is 0 Å². The van der Waals surface area contributed by atoms with Gasteiger partial charge in [0.1, 0.15) is 5.82 Å². The topological polar surface area (TPSA) is 111 Å². The Morgan fingerprint density at radius 1 is 1.82 bits per heavy atom. The van der Waals surface area contributed by atoms with Crippen LogP contribution < -0.4 is 11.4 Å².